The lowest BCUT2D eigenvalue weighted by atomic mass is 10.1. The molecule has 2 amide bonds. The van der Waals surface area contributed by atoms with Crippen LogP contribution in [-0.4, -0.2) is 31.4 Å². The lowest BCUT2D eigenvalue weighted by molar-refractivity contribution is -0.117. The molecule has 1 N–H and O–H groups in total. The van der Waals surface area contributed by atoms with E-state index in [2.05, 4.69) is 10.1 Å². The molecule has 0 aliphatic heterocycles. The summed E-state index contributed by atoms with van der Waals surface area (Å²) < 4.78 is 4.66. The van der Waals surface area contributed by atoms with Crippen molar-refractivity contribution in [2.45, 2.75) is 27.2 Å². The van der Waals surface area contributed by atoms with Crippen molar-refractivity contribution in [2.24, 2.45) is 0 Å². The van der Waals surface area contributed by atoms with Crippen molar-refractivity contribution in [1.29, 1.82) is 0 Å². The minimum Gasteiger partial charge on any atom is -0.465 e. The van der Waals surface area contributed by atoms with Gasteiger partial charge in [0.05, 0.1) is 12.7 Å². The lowest BCUT2D eigenvalue weighted by Crippen LogP contribution is -2.32. The van der Waals surface area contributed by atoms with E-state index in [-0.39, 0.29) is 24.8 Å². The Morgan fingerprint density at radius 1 is 1.00 bits per heavy atom. The van der Waals surface area contributed by atoms with Crippen LogP contribution in [0, 0.1) is 13.8 Å². The SMILES string of the molecule is COC(=O)c1ccc(N(CCC(=O)Nc2cc(C)cc(C)c2)C(C)=O)cc1. The summed E-state index contributed by atoms with van der Waals surface area (Å²) in [6.07, 6.45) is 0.158. The van der Waals surface area contributed by atoms with E-state index in [4.69, 9.17) is 0 Å². The number of esters is 1. The van der Waals surface area contributed by atoms with Crippen LogP contribution < -0.4 is 10.2 Å². The summed E-state index contributed by atoms with van der Waals surface area (Å²) >= 11 is 0. The van der Waals surface area contributed by atoms with Crippen LogP contribution in [0.2, 0.25) is 0 Å². The Balaban J connectivity index is 2.02. The fourth-order valence-corrected chi connectivity index (χ4v) is 2.85. The molecule has 0 heterocycles. The maximum atomic E-state index is 12.3. The Kier molecular flexibility index (Phi) is 6.71. The highest BCUT2D eigenvalue weighted by atomic mass is 16.5. The molecule has 0 saturated carbocycles. The van der Waals surface area contributed by atoms with Crippen LogP contribution in [0.1, 0.15) is 34.8 Å². The summed E-state index contributed by atoms with van der Waals surface area (Å²) in [7, 11) is 1.31. The molecule has 0 atom stereocenters. The van der Waals surface area contributed by atoms with E-state index in [0.717, 1.165) is 16.8 Å². The first-order chi connectivity index (χ1) is 12.8. The predicted molar refractivity (Wildman–Crippen MR) is 105 cm³/mol. The zero-order valence-electron chi connectivity index (χ0n) is 16.0. The molecule has 2 aromatic rings. The average molecular weight is 368 g/mol. The van der Waals surface area contributed by atoms with Gasteiger partial charge in [-0.1, -0.05) is 6.07 Å². The van der Waals surface area contributed by atoms with Crippen LogP contribution in [0.15, 0.2) is 42.5 Å². The second kappa shape index (κ2) is 8.98. The minimum absolute atomic E-state index is 0.158. The van der Waals surface area contributed by atoms with Crippen molar-refractivity contribution in [1.82, 2.24) is 0 Å². The molecular weight excluding hydrogens is 344 g/mol. The van der Waals surface area contributed by atoms with Gasteiger partial charge in [0.2, 0.25) is 11.8 Å². The molecule has 142 valence electrons. The standard InChI is InChI=1S/C21H24N2O4/c1-14-11-15(2)13-18(12-14)22-20(25)9-10-23(16(3)24)19-7-5-17(6-8-19)21(26)27-4/h5-8,11-13H,9-10H2,1-4H3,(H,22,25). The van der Waals surface area contributed by atoms with Crippen LogP contribution in [0.5, 0.6) is 0 Å². The molecule has 6 heteroatoms. The van der Waals surface area contributed by atoms with Crippen LogP contribution in [0.3, 0.4) is 0 Å². The predicted octanol–water partition coefficient (Wildman–Crippen LogP) is 3.47. The minimum atomic E-state index is -0.441. The van der Waals surface area contributed by atoms with Gasteiger partial charge in [-0.15, -0.1) is 0 Å². The number of aryl methyl sites for hydroxylation is 2. The van der Waals surface area contributed by atoms with Crippen molar-refractivity contribution in [3.63, 3.8) is 0 Å². The maximum absolute atomic E-state index is 12.3. The van der Waals surface area contributed by atoms with Gasteiger partial charge in [-0.25, -0.2) is 4.79 Å². The number of hydrogen-bond donors (Lipinski definition) is 1. The summed E-state index contributed by atoms with van der Waals surface area (Å²) in [5, 5.41) is 2.86. The first kappa shape index (κ1) is 20.2. The Bertz CT molecular complexity index is 824. The van der Waals surface area contributed by atoms with Crippen molar-refractivity contribution >= 4 is 29.2 Å². The molecule has 0 radical (unpaired) electrons. The third-order valence-corrected chi connectivity index (χ3v) is 4.05. The molecule has 0 spiro atoms. The van der Waals surface area contributed by atoms with Gasteiger partial charge >= 0.3 is 5.97 Å². The Morgan fingerprint density at radius 2 is 1.59 bits per heavy atom. The van der Waals surface area contributed by atoms with E-state index in [0.29, 0.717) is 11.3 Å². The number of nitrogens with zero attached hydrogens (tertiary/aromatic N) is 1. The van der Waals surface area contributed by atoms with E-state index in [1.54, 1.807) is 24.3 Å². The largest absolute Gasteiger partial charge is 0.465 e. The zero-order valence-corrected chi connectivity index (χ0v) is 16.0. The normalized spacial score (nSPS) is 10.2. The van der Waals surface area contributed by atoms with Crippen molar-refractivity contribution < 1.29 is 19.1 Å². The summed E-state index contributed by atoms with van der Waals surface area (Å²) in [6.45, 7) is 5.62. The van der Waals surface area contributed by atoms with Crippen LogP contribution in [0.25, 0.3) is 0 Å². The third-order valence-electron chi connectivity index (χ3n) is 4.05. The van der Waals surface area contributed by atoms with Gasteiger partial charge in [0.1, 0.15) is 0 Å². The summed E-state index contributed by atoms with van der Waals surface area (Å²) in [5.41, 5.74) is 3.91. The van der Waals surface area contributed by atoms with E-state index in [1.807, 2.05) is 32.0 Å². The molecule has 0 fully saturated rings. The molecule has 0 saturated heterocycles. The van der Waals surface area contributed by atoms with Crippen molar-refractivity contribution in [3.8, 4) is 0 Å². The summed E-state index contributed by atoms with van der Waals surface area (Å²) in [4.78, 5) is 37.3. The number of rotatable bonds is 6. The van der Waals surface area contributed by atoms with Gasteiger partial charge in [0, 0.05) is 31.3 Å². The topological polar surface area (TPSA) is 75.7 Å². The quantitative estimate of drug-likeness (QED) is 0.792. The first-order valence-corrected chi connectivity index (χ1v) is 8.65. The van der Waals surface area contributed by atoms with Gasteiger partial charge in [-0.3, -0.25) is 9.59 Å². The Labute approximate surface area is 159 Å². The molecule has 0 aromatic heterocycles. The molecule has 6 nitrogen and oxygen atoms in total. The van der Waals surface area contributed by atoms with Crippen molar-refractivity contribution in [3.05, 3.63) is 59.2 Å². The molecule has 0 aliphatic rings. The van der Waals surface area contributed by atoms with Gasteiger partial charge < -0.3 is 15.0 Å². The van der Waals surface area contributed by atoms with E-state index in [1.165, 1.54) is 18.9 Å². The Morgan fingerprint density at radius 3 is 2.11 bits per heavy atom. The number of hydrogen-bond acceptors (Lipinski definition) is 4. The number of anilines is 2. The van der Waals surface area contributed by atoms with Gasteiger partial charge in [-0.2, -0.15) is 0 Å². The lowest BCUT2D eigenvalue weighted by Gasteiger charge is -2.21. The van der Waals surface area contributed by atoms with Gasteiger partial charge in [-0.05, 0) is 61.4 Å². The average Bonchev–Trinajstić information content (AvgIpc) is 2.60. The fraction of sp³-hybridized carbons (Fsp3) is 0.286. The fourth-order valence-electron chi connectivity index (χ4n) is 2.85. The number of benzene rings is 2. The highest BCUT2D eigenvalue weighted by Gasteiger charge is 2.15. The molecule has 0 bridgehead atoms. The highest BCUT2D eigenvalue weighted by Crippen LogP contribution is 2.18. The second-order valence-electron chi connectivity index (χ2n) is 6.38. The molecule has 0 aliphatic carbocycles. The van der Waals surface area contributed by atoms with E-state index in [9.17, 15) is 14.4 Å². The molecule has 27 heavy (non-hydrogen) atoms. The highest BCUT2D eigenvalue weighted by molar-refractivity contribution is 5.95. The molecule has 2 aromatic carbocycles. The summed E-state index contributed by atoms with van der Waals surface area (Å²) in [5.74, 6) is -0.791. The summed E-state index contributed by atoms with van der Waals surface area (Å²) in [6, 6.07) is 12.3. The number of methoxy groups -OCH3 is 1. The molecule has 2 rings (SSSR count). The number of amides is 2. The molecule has 0 unspecified atom stereocenters. The molecular formula is C21H24N2O4. The number of carbonyl (C=O) groups is 3. The number of ether oxygens (including phenoxy) is 1. The van der Waals surface area contributed by atoms with E-state index >= 15 is 0 Å². The van der Waals surface area contributed by atoms with Crippen LogP contribution in [-0.2, 0) is 14.3 Å². The van der Waals surface area contributed by atoms with E-state index < -0.39 is 5.97 Å². The Hall–Kier alpha value is -3.15. The zero-order chi connectivity index (χ0) is 20.0. The number of carbonyl (C=O) groups excluding carboxylic acids is 3. The smallest absolute Gasteiger partial charge is 0.337 e. The maximum Gasteiger partial charge on any atom is 0.337 e. The second-order valence-corrected chi connectivity index (χ2v) is 6.38. The monoisotopic (exact) mass is 368 g/mol. The van der Waals surface area contributed by atoms with Gasteiger partial charge in [0.15, 0.2) is 0 Å². The van der Waals surface area contributed by atoms with Crippen LogP contribution >= 0.6 is 0 Å². The first-order valence-electron chi connectivity index (χ1n) is 8.65. The van der Waals surface area contributed by atoms with Crippen LogP contribution in [0.4, 0.5) is 11.4 Å². The third kappa shape index (κ3) is 5.67. The number of nitrogens with one attached hydrogen (secondary N) is 1. The van der Waals surface area contributed by atoms with Gasteiger partial charge in [0.25, 0.3) is 0 Å². The van der Waals surface area contributed by atoms with Crippen molar-refractivity contribution in [2.75, 3.05) is 23.9 Å².